The van der Waals surface area contributed by atoms with Gasteiger partial charge < -0.3 is 14.6 Å². The van der Waals surface area contributed by atoms with Crippen molar-refractivity contribution in [1.29, 1.82) is 0 Å². The number of carbonyl (C=O) groups excluding carboxylic acids is 1. The maximum absolute atomic E-state index is 14.4. The molecular formula is C23H32FN5O4S. The molecule has 0 unspecified atom stereocenters. The van der Waals surface area contributed by atoms with Crippen molar-refractivity contribution in [2.75, 3.05) is 39.8 Å². The maximum Gasteiger partial charge on any atom is 0.262 e. The topological polar surface area (TPSA) is 96.8 Å². The highest BCUT2D eigenvalue weighted by Gasteiger charge is 2.41. The number of aromatic nitrogens is 2. The SMILES string of the molecule is COc1cccc(F)c1C(=O)NCC1(N2CCN(S(=O)(=O)c3cn(C)cn3)CC2)CCCCC1. The van der Waals surface area contributed by atoms with Crippen LogP contribution < -0.4 is 10.1 Å². The van der Waals surface area contributed by atoms with Crippen LogP contribution in [-0.4, -0.2) is 78.5 Å². The fourth-order valence-corrected chi connectivity index (χ4v) is 6.49. The Hall–Kier alpha value is -2.50. The molecule has 1 amide bonds. The molecule has 0 spiro atoms. The van der Waals surface area contributed by atoms with Crippen molar-refractivity contribution in [1.82, 2.24) is 24.1 Å². The number of hydrogen-bond donors (Lipinski definition) is 1. The second-order valence-electron chi connectivity index (χ2n) is 9.05. The smallest absolute Gasteiger partial charge is 0.262 e. The lowest BCUT2D eigenvalue weighted by Crippen LogP contribution is -2.62. The van der Waals surface area contributed by atoms with Crippen LogP contribution >= 0.6 is 0 Å². The van der Waals surface area contributed by atoms with Crippen LogP contribution in [0.2, 0.25) is 0 Å². The minimum Gasteiger partial charge on any atom is -0.496 e. The number of aryl methyl sites for hydroxylation is 1. The minimum absolute atomic E-state index is 0.0573. The van der Waals surface area contributed by atoms with Crippen LogP contribution in [-0.2, 0) is 17.1 Å². The number of methoxy groups -OCH3 is 1. The summed E-state index contributed by atoms with van der Waals surface area (Å²) < 4.78 is 48.6. The first-order chi connectivity index (χ1) is 16.3. The lowest BCUT2D eigenvalue weighted by Gasteiger charge is -2.49. The third kappa shape index (κ3) is 4.82. The van der Waals surface area contributed by atoms with Gasteiger partial charge in [-0.25, -0.2) is 17.8 Å². The van der Waals surface area contributed by atoms with Crippen molar-refractivity contribution in [3.05, 3.63) is 42.1 Å². The summed E-state index contributed by atoms with van der Waals surface area (Å²) in [7, 11) is -0.492. The molecule has 34 heavy (non-hydrogen) atoms. The molecule has 1 saturated carbocycles. The first-order valence-electron chi connectivity index (χ1n) is 11.6. The molecule has 1 aromatic carbocycles. The molecule has 1 saturated heterocycles. The zero-order chi connectivity index (χ0) is 24.3. The second kappa shape index (κ2) is 10.0. The summed E-state index contributed by atoms with van der Waals surface area (Å²) in [6.45, 7) is 2.21. The highest BCUT2D eigenvalue weighted by Crippen LogP contribution is 2.35. The lowest BCUT2D eigenvalue weighted by atomic mass is 9.79. The van der Waals surface area contributed by atoms with Crippen LogP contribution in [0.5, 0.6) is 5.75 Å². The van der Waals surface area contributed by atoms with E-state index in [1.165, 1.54) is 36.1 Å². The first-order valence-corrected chi connectivity index (χ1v) is 13.0. The highest BCUT2D eigenvalue weighted by atomic mass is 32.2. The molecule has 11 heteroatoms. The number of halogens is 1. The van der Waals surface area contributed by atoms with E-state index in [1.54, 1.807) is 17.7 Å². The number of benzene rings is 1. The molecule has 186 valence electrons. The molecule has 0 radical (unpaired) electrons. The maximum atomic E-state index is 14.4. The number of nitrogens with zero attached hydrogens (tertiary/aromatic N) is 4. The molecule has 0 bridgehead atoms. The number of amides is 1. The van der Waals surface area contributed by atoms with Crippen LogP contribution in [0.3, 0.4) is 0 Å². The molecular weight excluding hydrogens is 461 g/mol. The van der Waals surface area contributed by atoms with Gasteiger partial charge in [0.15, 0.2) is 5.03 Å². The molecule has 1 aliphatic carbocycles. The second-order valence-corrected chi connectivity index (χ2v) is 10.9. The van der Waals surface area contributed by atoms with Gasteiger partial charge in [0, 0.05) is 51.5 Å². The Bertz CT molecular complexity index is 1120. The van der Waals surface area contributed by atoms with Crippen LogP contribution in [0.1, 0.15) is 42.5 Å². The van der Waals surface area contributed by atoms with Gasteiger partial charge in [0.25, 0.3) is 15.9 Å². The number of carbonyl (C=O) groups is 1. The van der Waals surface area contributed by atoms with E-state index in [0.29, 0.717) is 32.7 Å². The average Bonchev–Trinajstić information content (AvgIpc) is 3.30. The normalized spacial score (nSPS) is 19.6. The Morgan fingerprint density at radius 3 is 2.50 bits per heavy atom. The van der Waals surface area contributed by atoms with E-state index in [-0.39, 0.29) is 21.9 Å². The molecule has 2 fully saturated rings. The van der Waals surface area contributed by atoms with Crippen molar-refractivity contribution in [3.63, 3.8) is 0 Å². The van der Waals surface area contributed by atoms with Crippen molar-refractivity contribution in [2.45, 2.75) is 42.7 Å². The predicted octanol–water partition coefficient (Wildman–Crippen LogP) is 2.01. The van der Waals surface area contributed by atoms with Crippen molar-refractivity contribution in [2.24, 2.45) is 7.05 Å². The van der Waals surface area contributed by atoms with Crippen LogP contribution in [0, 0.1) is 5.82 Å². The quantitative estimate of drug-likeness (QED) is 0.634. The molecule has 9 nitrogen and oxygen atoms in total. The predicted molar refractivity (Wildman–Crippen MR) is 125 cm³/mol. The van der Waals surface area contributed by atoms with Gasteiger partial charge in [-0.15, -0.1) is 0 Å². The van der Waals surface area contributed by atoms with Gasteiger partial charge in [-0.2, -0.15) is 4.31 Å². The van der Waals surface area contributed by atoms with Crippen molar-refractivity contribution < 1.29 is 22.3 Å². The molecule has 1 aliphatic heterocycles. The Kier molecular flexibility index (Phi) is 7.25. The fourth-order valence-electron chi connectivity index (χ4n) is 5.10. The van der Waals surface area contributed by atoms with Gasteiger partial charge in [-0.05, 0) is 25.0 Å². The van der Waals surface area contributed by atoms with E-state index in [1.807, 2.05) is 0 Å². The van der Waals surface area contributed by atoms with E-state index >= 15 is 0 Å². The van der Waals surface area contributed by atoms with E-state index in [9.17, 15) is 17.6 Å². The number of ether oxygens (including phenoxy) is 1. The van der Waals surface area contributed by atoms with E-state index in [2.05, 4.69) is 15.2 Å². The summed E-state index contributed by atoms with van der Waals surface area (Å²) in [6.07, 6.45) is 7.98. The summed E-state index contributed by atoms with van der Waals surface area (Å²) >= 11 is 0. The zero-order valence-corrected chi connectivity index (χ0v) is 20.5. The summed E-state index contributed by atoms with van der Waals surface area (Å²) in [6, 6.07) is 4.32. The molecule has 2 heterocycles. The summed E-state index contributed by atoms with van der Waals surface area (Å²) in [5.74, 6) is -0.928. The number of sulfonamides is 1. The third-order valence-electron chi connectivity index (χ3n) is 6.98. The van der Waals surface area contributed by atoms with E-state index in [0.717, 1.165) is 32.1 Å². The number of hydrogen-bond acceptors (Lipinski definition) is 6. The van der Waals surface area contributed by atoms with Gasteiger partial charge in [-0.1, -0.05) is 25.3 Å². The monoisotopic (exact) mass is 493 g/mol. The number of nitrogens with one attached hydrogen (secondary N) is 1. The Morgan fingerprint density at radius 1 is 1.18 bits per heavy atom. The molecule has 4 rings (SSSR count). The summed E-state index contributed by atoms with van der Waals surface area (Å²) in [5.41, 5.74) is -0.380. The van der Waals surface area contributed by atoms with Crippen LogP contribution in [0.25, 0.3) is 0 Å². The standard InChI is InChI=1S/C23H32FN5O4S/c1-27-15-20(26-17-27)34(31,32)29-13-11-28(12-14-29)23(9-4-3-5-10-23)16-25-22(30)21-18(24)7-6-8-19(21)33-2/h6-8,15,17H,3-5,9-14,16H2,1-2H3,(H,25,30). The van der Waals surface area contributed by atoms with Crippen molar-refractivity contribution >= 4 is 15.9 Å². The molecule has 2 aromatic rings. The molecule has 1 aromatic heterocycles. The van der Waals surface area contributed by atoms with Gasteiger partial charge in [0.05, 0.1) is 13.4 Å². The average molecular weight is 494 g/mol. The Labute approximate surface area is 199 Å². The van der Waals surface area contributed by atoms with Gasteiger partial charge in [0.2, 0.25) is 0 Å². The lowest BCUT2D eigenvalue weighted by molar-refractivity contribution is 0.0239. The minimum atomic E-state index is -3.64. The summed E-state index contributed by atoms with van der Waals surface area (Å²) in [4.78, 5) is 19.2. The third-order valence-corrected chi connectivity index (χ3v) is 8.76. The number of piperazine rings is 1. The Balaban J connectivity index is 1.46. The largest absolute Gasteiger partial charge is 0.496 e. The number of rotatable bonds is 7. The van der Waals surface area contributed by atoms with Crippen LogP contribution in [0.15, 0.2) is 35.7 Å². The van der Waals surface area contributed by atoms with Crippen LogP contribution in [0.4, 0.5) is 4.39 Å². The summed E-state index contributed by atoms with van der Waals surface area (Å²) in [5, 5.41) is 3.00. The van der Waals surface area contributed by atoms with Crippen molar-refractivity contribution in [3.8, 4) is 5.75 Å². The fraction of sp³-hybridized carbons (Fsp3) is 0.565. The zero-order valence-electron chi connectivity index (χ0n) is 19.7. The highest BCUT2D eigenvalue weighted by molar-refractivity contribution is 7.89. The number of imidazole rings is 1. The first kappa shape index (κ1) is 24.6. The molecule has 2 aliphatic rings. The molecule has 1 N–H and O–H groups in total. The van der Waals surface area contributed by atoms with E-state index in [4.69, 9.17) is 4.74 Å². The molecule has 0 atom stereocenters. The van der Waals surface area contributed by atoms with Gasteiger partial charge in [-0.3, -0.25) is 9.69 Å². The Morgan fingerprint density at radius 2 is 1.88 bits per heavy atom. The van der Waals surface area contributed by atoms with E-state index < -0.39 is 21.7 Å². The van der Waals surface area contributed by atoms with Gasteiger partial charge in [0.1, 0.15) is 17.1 Å². The van der Waals surface area contributed by atoms with Gasteiger partial charge >= 0.3 is 0 Å².